The van der Waals surface area contributed by atoms with Crippen LogP contribution in [0.15, 0.2) is 24.3 Å². The van der Waals surface area contributed by atoms with Gasteiger partial charge >= 0.3 is 0 Å². The summed E-state index contributed by atoms with van der Waals surface area (Å²) in [6, 6.07) is 7.30. The largest absolute Gasteiger partial charge is 0.296 e. The molecule has 0 amide bonds. The second-order valence-corrected chi connectivity index (χ2v) is 4.92. The zero-order valence-electron chi connectivity index (χ0n) is 11.3. The van der Waals surface area contributed by atoms with Gasteiger partial charge in [0.15, 0.2) is 0 Å². The molecule has 0 spiro atoms. The Balaban J connectivity index is 2.87. The van der Waals surface area contributed by atoms with Crippen LogP contribution in [0.4, 0.5) is 5.69 Å². The molecule has 2 N–H and O–H groups in total. The van der Waals surface area contributed by atoms with Gasteiger partial charge in [0.25, 0.3) is 5.69 Å². The van der Waals surface area contributed by atoms with Crippen LogP contribution in [0, 0.1) is 10.1 Å². The number of rotatable bonds is 6. The van der Waals surface area contributed by atoms with Crippen LogP contribution in [-0.2, 0) is 0 Å². The van der Waals surface area contributed by atoms with Crippen LogP contribution in [0.25, 0.3) is 0 Å². The molecule has 0 atom stereocenters. The van der Waals surface area contributed by atoms with E-state index >= 15 is 0 Å². The molecule has 5 heteroatoms. The number of nitro benzene ring substituents is 1. The molecule has 0 aliphatic rings. The number of benzene rings is 1. The summed E-state index contributed by atoms with van der Waals surface area (Å²) in [4.78, 5) is 10.2. The number of hydrogen-bond acceptors (Lipinski definition) is 4. The molecule has 1 aromatic carbocycles. The van der Waals surface area contributed by atoms with Crippen molar-refractivity contribution < 1.29 is 4.92 Å². The molecule has 100 valence electrons. The highest BCUT2D eigenvalue weighted by molar-refractivity contribution is 5.34. The lowest BCUT2D eigenvalue weighted by molar-refractivity contribution is -0.384. The van der Waals surface area contributed by atoms with Gasteiger partial charge in [0.2, 0.25) is 0 Å². The normalized spacial score (nSPS) is 11.5. The van der Waals surface area contributed by atoms with E-state index in [1.807, 2.05) is 0 Å². The van der Waals surface area contributed by atoms with E-state index in [0.29, 0.717) is 12.1 Å². The predicted molar refractivity (Wildman–Crippen MR) is 72.4 cm³/mol. The van der Waals surface area contributed by atoms with Crippen molar-refractivity contribution in [2.24, 2.45) is 0 Å². The highest BCUT2D eigenvalue weighted by Crippen LogP contribution is 2.17. The van der Waals surface area contributed by atoms with E-state index in [9.17, 15) is 10.1 Å². The fraction of sp³-hybridized carbons (Fsp3) is 0.538. The number of nitrogens with zero attached hydrogens (tertiary/aromatic N) is 1. The van der Waals surface area contributed by atoms with E-state index in [4.69, 9.17) is 0 Å². The third-order valence-electron chi connectivity index (χ3n) is 2.44. The quantitative estimate of drug-likeness (QED) is 0.463. The molecule has 18 heavy (non-hydrogen) atoms. The molecule has 1 rings (SSSR count). The molecular weight excluding hydrogens is 230 g/mol. The van der Waals surface area contributed by atoms with Crippen molar-refractivity contribution in [3.63, 3.8) is 0 Å². The van der Waals surface area contributed by atoms with Gasteiger partial charge in [0, 0.05) is 24.2 Å². The van der Waals surface area contributed by atoms with E-state index in [2.05, 4.69) is 38.3 Å². The highest BCUT2D eigenvalue weighted by Gasteiger charge is 2.14. The van der Waals surface area contributed by atoms with E-state index in [1.54, 1.807) is 12.1 Å². The van der Waals surface area contributed by atoms with Gasteiger partial charge in [0.05, 0.1) is 11.1 Å². The Morgan fingerprint density at radius 2 is 1.44 bits per heavy atom. The molecule has 0 bridgehead atoms. The maximum absolute atomic E-state index is 10.6. The first-order chi connectivity index (χ1) is 8.40. The first kappa shape index (κ1) is 14.6. The highest BCUT2D eigenvalue weighted by atomic mass is 16.6. The number of nitro groups is 1. The molecule has 0 saturated carbocycles. The van der Waals surface area contributed by atoms with Crippen molar-refractivity contribution in [3.05, 3.63) is 39.9 Å². The Bertz CT molecular complexity index is 378. The molecule has 5 nitrogen and oxygen atoms in total. The smallest absolute Gasteiger partial charge is 0.269 e. The summed E-state index contributed by atoms with van der Waals surface area (Å²) in [7, 11) is 0. The lowest BCUT2D eigenvalue weighted by Gasteiger charge is -2.25. The average molecular weight is 251 g/mol. The van der Waals surface area contributed by atoms with Crippen LogP contribution in [0.1, 0.15) is 39.4 Å². The van der Waals surface area contributed by atoms with E-state index in [0.717, 1.165) is 5.56 Å². The molecule has 0 aromatic heterocycles. The zero-order valence-corrected chi connectivity index (χ0v) is 11.3. The van der Waals surface area contributed by atoms with Gasteiger partial charge < -0.3 is 0 Å². The van der Waals surface area contributed by atoms with Crippen LogP contribution in [-0.4, -0.2) is 17.0 Å². The molecule has 0 fully saturated rings. The Kier molecular flexibility index (Phi) is 5.25. The molecule has 0 unspecified atom stereocenters. The van der Waals surface area contributed by atoms with Gasteiger partial charge in [0.1, 0.15) is 0 Å². The summed E-state index contributed by atoms with van der Waals surface area (Å²) in [6.45, 7) is 8.28. The Morgan fingerprint density at radius 3 is 1.78 bits per heavy atom. The lowest BCUT2D eigenvalue weighted by Crippen LogP contribution is -2.41. The number of hydrogen-bond donors (Lipinski definition) is 2. The average Bonchev–Trinajstić information content (AvgIpc) is 2.27. The van der Waals surface area contributed by atoms with Gasteiger partial charge in [-0.25, -0.2) is 0 Å². The van der Waals surface area contributed by atoms with Crippen LogP contribution >= 0.6 is 0 Å². The number of non-ortho nitro benzene ring substituents is 1. The summed E-state index contributed by atoms with van der Waals surface area (Å²) < 4.78 is 0. The predicted octanol–water partition coefficient (Wildman–Crippen LogP) is 2.59. The maximum Gasteiger partial charge on any atom is 0.269 e. The van der Waals surface area contributed by atoms with Gasteiger partial charge in [-0.05, 0) is 45.4 Å². The first-order valence-corrected chi connectivity index (χ1v) is 6.16. The molecular formula is C13H21N3O2. The second-order valence-electron chi connectivity index (χ2n) is 4.92. The van der Waals surface area contributed by atoms with Crippen molar-refractivity contribution in [1.29, 1.82) is 0 Å². The minimum absolute atomic E-state index is 0.00537. The number of nitrogens with one attached hydrogen (secondary N) is 2. The molecule has 0 aliphatic carbocycles. The fourth-order valence-electron chi connectivity index (χ4n) is 1.70. The van der Waals surface area contributed by atoms with Gasteiger partial charge in [-0.15, -0.1) is 0 Å². The minimum Gasteiger partial charge on any atom is -0.296 e. The molecule has 0 saturated heterocycles. The SMILES string of the molecule is CC(C)NC(NC(C)C)c1ccc([N+](=O)[O-])cc1. The summed E-state index contributed by atoms with van der Waals surface area (Å²) >= 11 is 0. The minimum atomic E-state index is -0.384. The van der Waals surface area contributed by atoms with Crippen molar-refractivity contribution in [1.82, 2.24) is 10.6 Å². The Hall–Kier alpha value is -1.46. The summed E-state index contributed by atoms with van der Waals surface area (Å²) in [5.41, 5.74) is 1.12. The first-order valence-electron chi connectivity index (χ1n) is 6.16. The van der Waals surface area contributed by atoms with Crippen molar-refractivity contribution in [2.45, 2.75) is 45.9 Å². The third kappa shape index (κ3) is 4.43. The van der Waals surface area contributed by atoms with Gasteiger partial charge in [-0.1, -0.05) is 0 Å². The summed E-state index contributed by atoms with van der Waals surface area (Å²) in [5, 5.41) is 17.4. The van der Waals surface area contributed by atoms with E-state index in [-0.39, 0.29) is 16.8 Å². The third-order valence-corrected chi connectivity index (χ3v) is 2.44. The monoisotopic (exact) mass is 251 g/mol. The summed E-state index contributed by atoms with van der Waals surface area (Å²) in [6.07, 6.45) is 0.00537. The zero-order chi connectivity index (χ0) is 13.7. The Labute approximate surface area is 108 Å². The fourth-order valence-corrected chi connectivity index (χ4v) is 1.70. The standard InChI is InChI=1S/C13H21N3O2/c1-9(2)14-13(15-10(3)4)11-5-7-12(8-6-11)16(17)18/h5-10,13-15H,1-4H3. The Morgan fingerprint density at radius 1 is 1.00 bits per heavy atom. The molecule has 0 heterocycles. The second kappa shape index (κ2) is 6.47. The van der Waals surface area contributed by atoms with Crippen molar-refractivity contribution in [3.8, 4) is 0 Å². The van der Waals surface area contributed by atoms with Crippen LogP contribution < -0.4 is 10.6 Å². The van der Waals surface area contributed by atoms with Crippen LogP contribution in [0.2, 0.25) is 0 Å². The van der Waals surface area contributed by atoms with E-state index in [1.165, 1.54) is 12.1 Å². The molecule has 0 radical (unpaired) electrons. The van der Waals surface area contributed by atoms with E-state index < -0.39 is 0 Å². The maximum atomic E-state index is 10.6. The van der Waals surface area contributed by atoms with Crippen molar-refractivity contribution >= 4 is 5.69 Å². The van der Waals surface area contributed by atoms with Gasteiger partial charge in [-0.3, -0.25) is 20.7 Å². The van der Waals surface area contributed by atoms with Crippen molar-refractivity contribution in [2.75, 3.05) is 0 Å². The van der Waals surface area contributed by atoms with Crippen LogP contribution in [0.5, 0.6) is 0 Å². The molecule has 1 aromatic rings. The van der Waals surface area contributed by atoms with Gasteiger partial charge in [-0.2, -0.15) is 0 Å². The molecule has 0 aliphatic heterocycles. The topological polar surface area (TPSA) is 67.2 Å². The lowest BCUT2D eigenvalue weighted by atomic mass is 10.1. The summed E-state index contributed by atoms with van der Waals surface area (Å²) in [5.74, 6) is 0. The van der Waals surface area contributed by atoms with Crippen LogP contribution in [0.3, 0.4) is 0 Å².